The number of nitrogens with one attached hydrogen (secondary N) is 3. The minimum atomic E-state index is -0.248. The molecule has 148 valence electrons. The lowest BCUT2D eigenvalue weighted by Gasteiger charge is -2.22. The predicted octanol–water partition coefficient (Wildman–Crippen LogP) is 4.13. The Morgan fingerprint density at radius 2 is 1.79 bits per heavy atom. The second kappa shape index (κ2) is 10.2. The number of anilines is 1. The summed E-state index contributed by atoms with van der Waals surface area (Å²) in [6.07, 6.45) is 5.84. The van der Waals surface area contributed by atoms with Gasteiger partial charge in [-0.05, 0) is 42.7 Å². The highest BCUT2D eigenvalue weighted by Gasteiger charge is 2.15. The van der Waals surface area contributed by atoms with E-state index in [2.05, 4.69) is 16.0 Å². The van der Waals surface area contributed by atoms with Crippen molar-refractivity contribution in [2.75, 3.05) is 11.9 Å². The van der Waals surface area contributed by atoms with Gasteiger partial charge in [-0.2, -0.15) is 0 Å². The molecule has 0 unspecified atom stereocenters. The Morgan fingerprint density at radius 1 is 1.00 bits per heavy atom. The highest BCUT2D eigenvalue weighted by Crippen LogP contribution is 2.18. The molecule has 1 aliphatic rings. The molecule has 2 aromatic rings. The fraction of sp³-hybridized carbons (Fsp3) is 0.364. The number of rotatable bonds is 7. The number of hydrogen-bond acceptors (Lipinski definition) is 3. The molecule has 3 N–H and O–H groups in total. The maximum atomic E-state index is 12.4. The molecule has 0 bridgehead atoms. The first-order valence-corrected chi connectivity index (χ1v) is 10.1. The molecule has 0 atom stereocenters. The van der Waals surface area contributed by atoms with Gasteiger partial charge in [-0.25, -0.2) is 0 Å². The van der Waals surface area contributed by atoms with Crippen molar-refractivity contribution < 1.29 is 9.59 Å². The number of carbonyl (C=O) groups excluding carboxylic acids is 2. The zero-order valence-electron chi connectivity index (χ0n) is 15.8. The van der Waals surface area contributed by atoms with Crippen LogP contribution in [-0.4, -0.2) is 24.4 Å². The van der Waals surface area contributed by atoms with Crippen molar-refractivity contribution in [2.45, 2.75) is 44.7 Å². The van der Waals surface area contributed by atoms with Crippen LogP contribution in [0.15, 0.2) is 48.5 Å². The Hall–Kier alpha value is -2.37. The van der Waals surface area contributed by atoms with E-state index in [1.165, 1.54) is 19.3 Å². The average molecular weight is 400 g/mol. The summed E-state index contributed by atoms with van der Waals surface area (Å²) in [4.78, 5) is 24.4. The number of hydrogen-bond donors (Lipinski definition) is 3. The molecule has 0 aliphatic heterocycles. The van der Waals surface area contributed by atoms with Gasteiger partial charge in [0.15, 0.2) is 0 Å². The van der Waals surface area contributed by atoms with Crippen LogP contribution in [0.5, 0.6) is 0 Å². The van der Waals surface area contributed by atoms with Gasteiger partial charge in [0.05, 0.1) is 17.1 Å². The van der Waals surface area contributed by atoms with Crippen molar-refractivity contribution in [3.8, 4) is 0 Å². The topological polar surface area (TPSA) is 70.2 Å². The van der Waals surface area contributed by atoms with Crippen molar-refractivity contribution in [1.82, 2.24) is 10.6 Å². The first-order chi connectivity index (χ1) is 13.6. The van der Waals surface area contributed by atoms with Crippen LogP contribution in [0.2, 0.25) is 5.02 Å². The number of carbonyl (C=O) groups is 2. The van der Waals surface area contributed by atoms with Crippen molar-refractivity contribution in [3.05, 3.63) is 64.7 Å². The third-order valence-corrected chi connectivity index (χ3v) is 5.22. The van der Waals surface area contributed by atoms with Gasteiger partial charge < -0.3 is 16.0 Å². The van der Waals surface area contributed by atoms with Crippen LogP contribution in [0.1, 0.15) is 48.0 Å². The first-order valence-electron chi connectivity index (χ1n) is 9.77. The smallest absolute Gasteiger partial charge is 0.257 e. The van der Waals surface area contributed by atoms with Gasteiger partial charge >= 0.3 is 0 Å². The summed E-state index contributed by atoms with van der Waals surface area (Å²) >= 11 is 6.08. The van der Waals surface area contributed by atoms with Crippen molar-refractivity contribution in [2.24, 2.45) is 0 Å². The lowest BCUT2D eigenvalue weighted by atomic mass is 9.95. The lowest BCUT2D eigenvalue weighted by Crippen LogP contribution is -2.41. The molecule has 0 saturated heterocycles. The van der Waals surface area contributed by atoms with E-state index in [0.717, 1.165) is 18.4 Å². The van der Waals surface area contributed by atoms with Crippen LogP contribution in [0.3, 0.4) is 0 Å². The third kappa shape index (κ3) is 6.08. The summed E-state index contributed by atoms with van der Waals surface area (Å²) in [7, 11) is 0. The Bertz CT molecular complexity index is 819. The van der Waals surface area contributed by atoms with Gasteiger partial charge in [0.2, 0.25) is 5.91 Å². The molecular formula is C22H26ClN3O2. The summed E-state index contributed by atoms with van der Waals surface area (Å²) in [5.41, 5.74) is 2.12. The summed E-state index contributed by atoms with van der Waals surface area (Å²) in [5.74, 6) is -0.211. The normalized spacial score (nSPS) is 14.5. The van der Waals surface area contributed by atoms with Gasteiger partial charge in [0, 0.05) is 18.3 Å². The van der Waals surface area contributed by atoms with Gasteiger partial charge in [0.1, 0.15) is 0 Å². The maximum Gasteiger partial charge on any atom is 0.257 e. The molecular weight excluding hydrogens is 374 g/mol. The van der Waals surface area contributed by atoms with Crippen LogP contribution in [-0.2, 0) is 11.3 Å². The summed E-state index contributed by atoms with van der Waals surface area (Å²) in [5, 5.41) is 9.54. The van der Waals surface area contributed by atoms with Crippen LogP contribution in [0.4, 0.5) is 5.69 Å². The number of benzene rings is 2. The van der Waals surface area contributed by atoms with Gasteiger partial charge in [-0.15, -0.1) is 0 Å². The number of amides is 2. The fourth-order valence-corrected chi connectivity index (χ4v) is 3.67. The second-order valence-electron chi connectivity index (χ2n) is 7.14. The summed E-state index contributed by atoms with van der Waals surface area (Å²) < 4.78 is 0. The van der Waals surface area contributed by atoms with E-state index in [-0.39, 0.29) is 18.4 Å². The third-order valence-electron chi connectivity index (χ3n) is 4.89. The quantitative estimate of drug-likeness (QED) is 0.655. The van der Waals surface area contributed by atoms with Gasteiger partial charge in [0.25, 0.3) is 5.91 Å². The average Bonchev–Trinajstić information content (AvgIpc) is 2.69. The fourth-order valence-electron chi connectivity index (χ4n) is 3.45. The van der Waals surface area contributed by atoms with Crippen LogP contribution in [0.25, 0.3) is 0 Å². The molecule has 0 heterocycles. The lowest BCUT2D eigenvalue weighted by molar-refractivity contribution is -0.121. The molecule has 1 aliphatic carbocycles. The Balaban J connectivity index is 1.47. The predicted molar refractivity (Wildman–Crippen MR) is 113 cm³/mol. The van der Waals surface area contributed by atoms with Gasteiger partial charge in [-0.3, -0.25) is 9.59 Å². The summed E-state index contributed by atoms with van der Waals surface area (Å²) in [6.45, 7) is 0.834. The standard InChI is InChI=1S/C22H26ClN3O2/c23-20-12-5-4-11-19(20)22(28)26-18-10-6-7-16(13-18)14-24-15-21(27)25-17-8-2-1-3-9-17/h4-7,10-13,17,24H,1-3,8-9,14-15H2,(H,25,27)(H,26,28). The molecule has 0 aromatic heterocycles. The molecule has 6 heteroatoms. The van der Waals surface area contributed by atoms with Crippen molar-refractivity contribution in [3.63, 3.8) is 0 Å². The molecule has 2 amide bonds. The Labute approximate surface area is 170 Å². The van der Waals surface area contributed by atoms with E-state index in [4.69, 9.17) is 11.6 Å². The zero-order chi connectivity index (χ0) is 19.8. The molecule has 0 spiro atoms. The van der Waals surface area contributed by atoms with E-state index in [1.54, 1.807) is 24.3 Å². The van der Waals surface area contributed by atoms with Gasteiger partial charge in [-0.1, -0.05) is 55.1 Å². The summed E-state index contributed by atoms with van der Waals surface area (Å²) in [6, 6.07) is 14.8. The SMILES string of the molecule is O=C(CNCc1cccc(NC(=O)c2ccccc2Cl)c1)NC1CCCCC1. The van der Waals surface area contributed by atoms with E-state index in [9.17, 15) is 9.59 Å². The molecule has 1 saturated carbocycles. The van der Waals surface area contributed by atoms with E-state index < -0.39 is 0 Å². The van der Waals surface area contributed by atoms with Crippen molar-refractivity contribution >= 4 is 29.1 Å². The Morgan fingerprint density at radius 3 is 2.57 bits per heavy atom. The van der Waals surface area contributed by atoms with E-state index >= 15 is 0 Å². The van der Waals surface area contributed by atoms with E-state index in [1.807, 2.05) is 24.3 Å². The minimum absolute atomic E-state index is 0.0371. The zero-order valence-corrected chi connectivity index (χ0v) is 16.6. The van der Waals surface area contributed by atoms with Crippen LogP contribution in [0, 0.1) is 0 Å². The highest BCUT2D eigenvalue weighted by molar-refractivity contribution is 6.34. The van der Waals surface area contributed by atoms with Crippen LogP contribution >= 0.6 is 11.6 Å². The highest BCUT2D eigenvalue weighted by atomic mass is 35.5. The van der Waals surface area contributed by atoms with E-state index in [0.29, 0.717) is 28.9 Å². The number of halogens is 1. The molecule has 2 aromatic carbocycles. The minimum Gasteiger partial charge on any atom is -0.352 e. The molecule has 3 rings (SSSR count). The monoisotopic (exact) mass is 399 g/mol. The van der Waals surface area contributed by atoms with Crippen LogP contribution < -0.4 is 16.0 Å². The molecule has 28 heavy (non-hydrogen) atoms. The second-order valence-corrected chi connectivity index (χ2v) is 7.55. The molecule has 5 nitrogen and oxygen atoms in total. The largest absolute Gasteiger partial charge is 0.352 e. The Kier molecular flexibility index (Phi) is 7.46. The van der Waals surface area contributed by atoms with Crippen molar-refractivity contribution in [1.29, 1.82) is 0 Å². The molecule has 0 radical (unpaired) electrons. The maximum absolute atomic E-state index is 12.4. The first kappa shape index (κ1) is 20.4. The molecule has 1 fully saturated rings.